The van der Waals surface area contributed by atoms with Crippen LogP contribution < -0.4 is 5.32 Å². The van der Waals surface area contributed by atoms with E-state index in [-0.39, 0.29) is 10.8 Å². The lowest BCUT2D eigenvalue weighted by Crippen LogP contribution is -2.00. The Morgan fingerprint density at radius 3 is 2.50 bits per heavy atom. The van der Waals surface area contributed by atoms with Crippen LogP contribution in [0.2, 0.25) is 5.02 Å². The Morgan fingerprint density at radius 1 is 1.06 bits per heavy atom. The summed E-state index contributed by atoms with van der Waals surface area (Å²) >= 11 is 5.59. The number of nitrogens with one attached hydrogen (secondary N) is 1. The van der Waals surface area contributed by atoms with Gasteiger partial charge in [-0.25, -0.2) is 8.78 Å². The lowest BCUT2D eigenvalue weighted by Gasteiger charge is -2.08. The van der Waals surface area contributed by atoms with Crippen molar-refractivity contribution in [2.45, 2.75) is 13.5 Å². The molecule has 0 saturated carbocycles. The zero-order chi connectivity index (χ0) is 13.1. The molecule has 2 aromatic carbocycles. The Bertz CT molecular complexity index is 518. The van der Waals surface area contributed by atoms with Crippen LogP contribution in [0.4, 0.5) is 14.5 Å². The molecule has 0 radical (unpaired) electrons. The molecule has 18 heavy (non-hydrogen) atoms. The highest BCUT2D eigenvalue weighted by molar-refractivity contribution is 6.30. The highest BCUT2D eigenvalue weighted by atomic mass is 35.5. The van der Waals surface area contributed by atoms with Gasteiger partial charge in [0.25, 0.3) is 0 Å². The third kappa shape index (κ3) is 2.99. The summed E-state index contributed by atoms with van der Waals surface area (Å²) < 4.78 is 26.3. The number of benzene rings is 2. The second-order valence-corrected chi connectivity index (χ2v) is 4.47. The van der Waals surface area contributed by atoms with Gasteiger partial charge < -0.3 is 5.32 Å². The second kappa shape index (κ2) is 5.36. The van der Waals surface area contributed by atoms with Gasteiger partial charge in [-0.2, -0.15) is 0 Å². The Balaban J connectivity index is 2.06. The number of halogens is 3. The highest BCUT2D eigenvalue weighted by Gasteiger charge is 2.02. The minimum Gasteiger partial charge on any atom is -0.381 e. The van der Waals surface area contributed by atoms with Crippen LogP contribution in [-0.4, -0.2) is 0 Å². The van der Waals surface area contributed by atoms with Crippen LogP contribution in [-0.2, 0) is 6.54 Å². The molecule has 0 amide bonds. The maximum absolute atomic E-state index is 13.2. The van der Waals surface area contributed by atoms with Gasteiger partial charge in [0.15, 0.2) is 0 Å². The van der Waals surface area contributed by atoms with Crippen LogP contribution in [0, 0.1) is 18.6 Å². The molecule has 0 aromatic heterocycles. The third-order valence-electron chi connectivity index (χ3n) is 2.64. The fourth-order valence-electron chi connectivity index (χ4n) is 1.63. The Kier molecular flexibility index (Phi) is 3.82. The molecular formula is C14H12ClF2N. The van der Waals surface area contributed by atoms with Crippen molar-refractivity contribution in [3.8, 4) is 0 Å². The maximum atomic E-state index is 13.2. The summed E-state index contributed by atoms with van der Waals surface area (Å²) in [6, 6.07) is 9.40. The first kappa shape index (κ1) is 12.8. The molecule has 0 aliphatic rings. The monoisotopic (exact) mass is 267 g/mol. The summed E-state index contributed by atoms with van der Waals surface area (Å²) in [4.78, 5) is 0. The molecule has 0 aliphatic carbocycles. The predicted octanol–water partition coefficient (Wildman–Crippen LogP) is 4.54. The van der Waals surface area contributed by atoms with Crippen LogP contribution >= 0.6 is 11.6 Å². The first-order valence-corrected chi connectivity index (χ1v) is 5.88. The Hall–Kier alpha value is -1.61. The van der Waals surface area contributed by atoms with E-state index in [1.807, 2.05) is 0 Å². The van der Waals surface area contributed by atoms with Gasteiger partial charge >= 0.3 is 0 Å². The number of hydrogen-bond donors (Lipinski definition) is 1. The van der Waals surface area contributed by atoms with Gasteiger partial charge in [0, 0.05) is 12.2 Å². The molecule has 0 saturated heterocycles. The zero-order valence-corrected chi connectivity index (χ0v) is 10.6. The molecule has 2 rings (SSSR count). The van der Waals surface area contributed by atoms with Crippen molar-refractivity contribution in [3.63, 3.8) is 0 Å². The van der Waals surface area contributed by atoms with Gasteiger partial charge in [0.05, 0.1) is 5.02 Å². The molecule has 2 aromatic rings. The van der Waals surface area contributed by atoms with Crippen molar-refractivity contribution in [1.82, 2.24) is 0 Å². The minimum absolute atomic E-state index is 0.0955. The molecule has 0 unspecified atom stereocenters. The number of rotatable bonds is 3. The largest absolute Gasteiger partial charge is 0.381 e. The molecule has 0 aliphatic heterocycles. The van der Waals surface area contributed by atoms with Gasteiger partial charge in [-0.15, -0.1) is 0 Å². The average molecular weight is 268 g/mol. The summed E-state index contributed by atoms with van der Waals surface area (Å²) in [5.41, 5.74) is 2.17. The molecule has 0 fully saturated rings. The molecule has 1 N–H and O–H groups in total. The lowest BCUT2D eigenvalue weighted by molar-refractivity contribution is 0.617. The van der Waals surface area contributed by atoms with Crippen molar-refractivity contribution >= 4 is 17.3 Å². The lowest BCUT2D eigenvalue weighted by atomic mass is 10.1. The first-order chi connectivity index (χ1) is 8.56. The number of hydrogen-bond acceptors (Lipinski definition) is 1. The van der Waals surface area contributed by atoms with E-state index in [1.165, 1.54) is 18.2 Å². The first-order valence-electron chi connectivity index (χ1n) is 5.50. The van der Waals surface area contributed by atoms with E-state index in [0.29, 0.717) is 17.8 Å². The number of aryl methyl sites for hydroxylation is 1. The Morgan fingerprint density at radius 2 is 1.83 bits per heavy atom. The van der Waals surface area contributed by atoms with E-state index in [9.17, 15) is 8.78 Å². The van der Waals surface area contributed by atoms with Crippen molar-refractivity contribution in [2.24, 2.45) is 0 Å². The smallest absolute Gasteiger partial charge is 0.143 e. The SMILES string of the molecule is Cc1cc(CNc2ccc(Cl)c(F)c2)ccc1F. The van der Waals surface area contributed by atoms with Gasteiger partial charge in [0.2, 0.25) is 0 Å². The fraction of sp³-hybridized carbons (Fsp3) is 0.143. The van der Waals surface area contributed by atoms with Crippen molar-refractivity contribution < 1.29 is 8.78 Å². The maximum Gasteiger partial charge on any atom is 0.143 e. The van der Waals surface area contributed by atoms with Crippen molar-refractivity contribution in [3.05, 3.63) is 64.2 Å². The van der Waals surface area contributed by atoms with Crippen LogP contribution in [0.1, 0.15) is 11.1 Å². The Labute approximate surface area is 109 Å². The molecule has 94 valence electrons. The summed E-state index contributed by atoms with van der Waals surface area (Å²) in [5.74, 6) is -0.687. The van der Waals surface area contributed by atoms with E-state index in [4.69, 9.17) is 11.6 Å². The standard InChI is InChI=1S/C14H12ClF2N/c1-9-6-10(2-5-13(9)16)8-18-11-3-4-12(15)14(17)7-11/h2-7,18H,8H2,1H3. The van der Waals surface area contributed by atoms with Crippen LogP contribution in [0.3, 0.4) is 0 Å². The van der Waals surface area contributed by atoms with Crippen molar-refractivity contribution in [2.75, 3.05) is 5.32 Å². The van der Waals surface area contributed by atoms with Crippen LogP contribution in [0.15, 0.2) is 36.4 Å². The molecular weight excluding hydrogens is 256 g/mol. The van der Waals surface area contributed by atoms with E-state index >= 15 is 0 Å². The van der Waals surface area contributed by atoms with Crippen LogP contribution in [0.5, 0.6) is 0 Å². The van der Waals surface area contributed by atoms with E-state index in [2.05, 4.69) is 5.32 Å². The van der Waals surface area contributed by atoms with Gasteiger partial charge in [-0.05, 0) is 42.3 Å². The van der Waals surface area contributed by atoms with Gasteiger partial charge in [-0.3, -0.25) is 0 Å². The average Bonchev–Trinajstić information content (AvgIpc) is 2.35. The molecule has 4 heteroatoms. The van der Waals surface area contributed by atoms with E-state index in [0.717, 1.165) is 5.56 Å². The van der Waals surface area contributed by atoms with Gasteiger partial charge in [0.1, 0.15) is 11.6 Å². The molecule has 0 heterocycles. The van der Waals surface area contributed by atoms with Gasteiger partial charge in [-0.1, -0.05) is 23.7 Å². The van der Waals surface area contributed by atoms with E-state index in [1.54, 1.807) is 25.1 Å². The van der Waals surface area contributed by atoms with Crippen molar-refractivity contribution in [1.29, 1.82) is 0 Å². The normalized spacial score (nSPS) is 10.4. The summed E-state index contributed by atoms with van der Waals surface area (Å²) in [7, 11) is 0. The third-order valence-corrected chi connectivity index (χ3v) is 2.95. The minimum atomic E-state index is -0.461. The fourth-order valence-corrected chi connectivity index (χ4v) is 1.74. The molecule has 0 atom stereocenters. The summed E-state index contributed by atoms with van der Waals surface area (Å²) in [6.45, 7) is 2.21. The highest BCUT2D eigenvalue weighted by Crippen LogP contribution is 2.19. The zero-order valence-electron chi connectivity index (χ0n) is 9.81. The molecule has 0 bridgehead atoms. The number of anilines is 1. The topological polar surface area (TPSA) is 12.0 Å². The van der Waals surface area contributed by atoms with Crippen LogP contribution in [0.25, 0.3) is 0 Å². The molecule has 1 nitrogen and oxygen atoms in total. The summed E-state index contributed by atoms with van der Waals surface area (Å²) in [6.07, 6.45) is 0. The molecule has 0 spiro atoms. The second-order valence-electron chi connectivity index (χ2n) is 4.07. The summed E-state index contributed by atoms with van der Waals surface area (Å²) in [5, 5.41) is 3.15. The van der Waals surface area contributed by atoms with E-state index < -0.39 is 5.82 Å². The predicted molar refractivity (Wildman–Crippen MR) is 69.9 cm³/mol. The quantitative estimate of drug-likeness (QED) is 0.861.